The zero-order valence-electron chi connectivity index (χ0n) is 18.1. The molecule has 1 fully saturated rings. The smallest absolute Gasteiger partial charge is 0.293 e. The predicted molar refractivity (Wildman–Crippen MR) is 128 cm³/mol. The van der Waals surface area contributed by atoms with Crippen molar-refractivity contribution < 1.29 is 23.8 Å². The molecule has 1 aliphatic heterocycles. The third-order valence-electron chi connectivity index (χ3n) is 4.96. The van der Waals surface area contributed by atoms with E-state index in [1.807, 2.05) is 66.7 Å². The molecule has 0 saturated carbocycles. The highest BCUT2D eigenvalue weighted by molar-refractivity contribution is 8.18. The van der Waals surface area contributed by atoms with Crippen molar-refractivity contribution in [2.75, 3.05) is 20.3 Å². The molecular formula is C26H23NO5S. The second kappa shape index (κ2) is 10.7. The number of nitrogens with zero attached hydrogens (tertiary/aromatic N) is 1. The van der Waals surface area contributed by atoms with Crippen molar-refractivity contribution in [3.63, 3.8) is 0 Å². The number of benzene rings is 3. The van der Waals surface area contributed by atoms with E-state index in [4.69, 9.17) is 14.2 Å². The van der Waals surface area contributed by atoms with Crippen molar-refractivity contribution in [3.05, 3.63) is 94.9 Å². The van der Waals surface area contributed by atoms with Crippen LogP contribution in [0.25, 0.3) is 6.08 Å². The normalized spacial score (nSPS) is 14.6. The van der Waals surface area contributed by atoms with Gasteiger partial charge in [0.15, 0.2) is 11.5 Å². The Hall–Kier alpha value is -3.71. The van der Waals surface area contributed by atoms with Crippen molar-refractivity contribution >= 4 is 29.0 Å². The first kappa shape index (κ1) is 22.5. The molecule has 7 heteroatoms. The Bertz CT molecular complexity index is 1160. The second-order valence-corrected chi connectivity index (χ2v) is 8.14. The highest BCUT2D eigenvalue weighted by atomic mass is 32.2. The molecule has 3 aromatic carbocycles. The van der Waals surface area contributed by atoms with Crippen LogP contribution in [0.3, 0.4) is 0 Å². The lowest BCUT2D eigenvalue weighted by molar-refractivity contribution is -0.123. The number of amides is 2. The number of para-hydroxylation sites is 3. The minimum Gasteiger partial charge on any atom is -0.493 e. The Kier molecular flexibility index (Phi) is 7.32. The number of rotatable bonds is 9. The fourth-order valence-electron chi connectivity index (χ4n) is 3.29. The molecule has 0 atom stereocenters. The maximum Gasteiger partial charge on any atom is 0.293 e. The van der Waals surface area contributed by atoms with E-state index in [-0.39, 0.29) is 24.3 Å². The van der Waals surface area contributed by atoms with Crippen LogP contribution in [0.15, 0.2) is 83.8 Å². The van der Waals surface area contributed by atoms with Gasteiger partial charge in [-0.2, -0.15) is 0 Å². The van der Waals surface area contributed by atoms with E-state index >= 15 is 0 Å². The fraction of sp³-hybridized carbons (Fsp3) is 0.154. The van der Waals surface area contributed by atoms with Crippen LogP contribution in [0.1, 0.15) is 11.1 Å². The van der Waals surface area contributed by atoms with E-state index in [1.54, 1.807) is 25.3 Å². The average molecular weight is 462 g/mol. The summed E-state index contributed by atoms with van der Waals surface area (Å²) in [6.07, 6.45) is 1.70. The van der Waals surface area contributed by atoms with E-state index in [1.165, 1.54) is 4.90 Å². The molecule has 168 valence electrons. The van der Waals surface area contributed by atoms with Crippen LogP contribution in [-0.2, 0) is 11.4 Å². The van der Waals surface area contributed by atoms with E-state index in [9.17, 15) is 9.59 Å². The maximum atomic E-state index is 12.9. The SMILES string of the molecule is COc1ccccc1OCCN1C(=O)S/C(=C\c2ccccc2OCc2ccccc2)C1=O. The lowest BCUT2D eigenvalue weighted by atomic mass is 10.1. The van der Waals surface area contributed by atoms with Gasteiger partial charge >= 0.3 is 0 Å². The number of hydrogen-bond acceptors (Lipinski definition) is 6. The van der Waals surface area contributed by atoms with Gasteiger partial charge in [-0.1, -0.05) is 60.7 Å². The second-order valence-electron chi connectivity index (χ2n) is 7.14. The molecule has 1 heterocycles. The molecule has 1 aliphatic rings. The molecule has 0 bridgehead atoms. The van der Waals surface area contributed by atoms with Crippen LogP contribution < -0.4 is 14.2 Å². The Balaban J connectivity index is 1.41. The Morgan fingerprint density at radius 3 is 2.24 bits per heavy atom. The van der Waals surface area contributed by atoms with Crippen molar-refractivity contribution in [3.8, 4) is 17.2 Å². The molecule has 33 heavy (non-hydrogen) atoms. The van der Waals surface area contributed by atoms with E-state index in [0.29, 0.717) is 28.8 Å². The first-order chi connectivity index (χ1) is 16.2. The highest BCUT2D eigenvalue weighted by Crippen LogP contribution is 2.34. The Morgan fingerprint density at radius 1 is 0.818 bits per heavy atom. The van der Waals surface area contributed by atoms with Gasteiger partial charge in [0.1, 0.15) is 19.0 Å². The predicted octanol–water partition coefficient (Wildman–Crippen LogP) is 5.39. The molecule has 0 radical (unpaired) electrons. The molecule has 0 aliphatic carbocycles. The van der Waals surface area contributed by atoms with Crippen LogP contribution in [0.2, 0.25) is 0 Å². The molecule has 2 amide bonds. The Morgan fingerprint density at radius 2 is 1.48 bits per heavy atom. The first-order valence-corrected chi connectivity index (χ1v) is 11.2. The number of imide groups is 1. The summed E-state index contributed by atoms with van der Waals surface area (Å²) in [5.41, 5.74) is 1.78. The van der Waals surface area contributed by atoms with Crippen LogP contribution in [0.4, 0.5) is 4.79 Å². The first-order valence-electron chi connectivity index (χ1n) is 10.4. The van der Waals surface area contributed by atoms with E-state index in [2.05, 4.69) is 0 Å². The topological polar surface area (TPSA) is 65.1 Å². The molecule has 4 rings (SSSR count). The molecule has 0 N–H and O–H groups in total. The van der Waals surface area contributed by atoms with Crippen LogP contribution in [-0.4, -0.2) is 36.3 Å². The van der Waals surface area contributed by atoms with Gasteiger partial charge < -0.3 is 14.2 Å². The molecule has 0 aromatic heterocycles. The average Bonchev–Trinajstić information content (AvgIpc) is 3.11. The van der Waals surface area contributed by atoms with Gasteiger partial charge in [-0.15, -0.1) is 0 Å². The summed E-state index contributed by atoms with van der Waals surface area (Å²) >= 11 is 0.916. The number of thioether (sulfide) groups is 1. The zero-order chi connectivity index (χ0) is 23.0. The van der Waals surface area contributed by atoms with Gasteiger partial charge in [0.25, 0.3) is 11.1 Å². The van der Waals surface area contributed by atoms with Gasteiger partial charge in [0.05, 0.1) is 18.6 Å². The van der Waals surface area contributed by atoms with Gasteiger partial charge in [-0.3, -0.25) is 14.5 Å². The van der Waals surface area contributed by atoms with Crippen molar-refractivity contribution in [2.45, 2.75) is 6.61 Å². The van der Waals surface area contributed by atoms with Gasteiger partial charge in [-0.25, -0.2) is 0 Å². The van der Waals surface area contributed by atoms with Gasteiger partial charge in [-0.05, 0) is 41.6 Å². The number of hydrogen-bond donors (Lipinski definition) is 0. The van der Waals surface area contributed by atoms with E-state index < -0.39 is 0 Å². The fourth-order valence-corrected chi connectivity index (χ4v) is 4.14. The summed E-state index contributed by atoms with van der Waals surface area (Å²) in [5, 5.41) is -0.322. The van der Waals surface area contributed by atoms with Crippen LogP contribution >= 0.6 is 11.8 Å². The number of ether oxygens (including phenoxy) is 3. The van der Waals surface area contributed by atoms with Crippen molar-refractivity contribution in [1.29, 1.82) is 0 Å². The molecule has 0 unspecified atom stereocenters. The van der Waals surface area contributed by atoms with Crippen molar-refractivity contribution in [2.24, 2.45) is 0 Å². The minimum absolute atomic E-state index is 0.145. The number of carbonyl (C=O) groups excluding carboxylic acids is 2. The minimum atomic E-state index is -0.341. The molecule has 1 saturated heterocycles. The van der Waals surface area contributed by atoms with Gasteiger partial charge in [0.2, 0.25) is 0 Å². The van der Waals surface area contributed by atoms with Crippen molar-refractivity contribution in [1.82, 2.24) is 4.90 Å². The summed E-state index contributed by atoms with van der Waals surface area (Å²) in [6.45, 7) is 0.724. The maximum absolute atomic E-state index is 12.9. The molecule has 6 nitrogen and oxygen atoms in total. The third kappa shape index (κ3) is 5.56. The molecule has 0 spiro atoms. The summed E-state index contributed by atoms with van der Waals surface area (Å²) in [7, 11) is 1.56. The standard InChI is InChI=1S/C26H23NO5S/c1-30-22-13-7-8-14-23(22)31-16-15-27-25(28)24(33-26(27)29)17-20-11-5-6-12-21(20)32-18-19-9-3-2-4-10-19/h2-14,17H,15-16,18H2,1H3/b24-17-. The monoisotopic (exact) mass is 461 g/mol. The third-order valence-corrected chi connectivity index (χ3v) is 5.87. The zero-order valence-corrected chi connectivity index (χ0v) is 18.9. The molecular weight excluding hydrogens is 438 g/mol. The van der Waals surface area contributed by atoms with Crippen LogP contribution in [0, 0.1) is 0 Å². The summed E-state index contributed by atoms with van der Waals surface area (Å²) in [6, 6.07) is 24.5. The Labute approximate surface area is 196 Å². The summed E-state index contributed by atoms with van der Waals surface area (Å²) < 4.78 is 16.9. The van der Waals surface area contributed by atoms with Gasteiger partial charge in [0, 0.05) is 5.56 Å². The lowest BCUT2D eigenvalue weighted by Gasteiger charge is -2.14. The quantitative estimate of drug-likeness (QED) is 0.398. The largest absolute Gasteiger partial charge is 0.493 e. The lowest BCUT2D eigenvalue weighted by Crippen LogP contribution is -2.32. The summed E-state index contributed by atoms with van der Waals surface area (Å²) in [4.78, 5) is 26.9. The number of methoxy groups -OCH3 is 1. The molecule has 3 aromatic rings. The number of carbonyl (C=O) groups is 2. The van der Waals surface area contributed by atoms with Crippen LogP contribution in [0.5, 0.6) is 17.2 Å². The highest BCUT2D eigenvalue weighted by Gasteiger charge is 2.35. The van der Waals surface area contributed by atoms with E-state index in [0.717, 1.165) is 22.9 Å². The summed E-state index contributed by atoms with van der Waals surface area (Å²) in [5.74, 6) is 1.46.